The maximum Gasteiger partial charge on any atom is 0.387 e. The first-order valence-electron chi connectivity index (χ1n) is 6.82. The number of ether oxygens (including phenoxy) is 2. The number of nitrogens with one attached hydrogen (secondary N) is 1. The van der Waals surface area contributed by atoms with Gasteiger partial charge in [0.2, 0.25) is 0 Å². The van der Waals surface area contributed by atoms with Crippen molar-refractivity contribution in [2.45, 2.75) is 20.5 Å². The first kappa shape index (κ1) is 16.5. The fraction of sp³-hybridized carbons (Fsp3) is 0.400. The summed E-state index contributed by atoms with van der Waals surface area (Å²) in [7, 11) is 1.41. The summed E-state index contributed by atoms with van der Waals surface area (Å²) in [4.78, 5) is 4.48. The number of halogens is 2. The van der Waals surface area contributed by atoms with Gasteiger partial charge in [-0.25, -0.2) is 4.98 Å². The van der Waals surface area contributed by atoms with E-state index in [1.807, 2.05) is 5.38 Å². The molecule has 0 saturated carbocycles. The number of hydrogen-bond donors (Lipinski definition) is 1. The average Bonchev–Trinajstić information content (AvgIpc) is 2.94. The molecule has 1 aromatic heterocycles. The molecule has 0 amide bonds. The Morgan fingerprint density at radius 2 is 2.05 bits per heavy atom. The molecular formula is C15H18F2N2O2S. The molecule has 0 aliphatic heterocycles. The van der Waals surface area contributed by atoms with E-state index in [0.717, 1.165) is 22.9 Å². The van der Waals surface area contributed by atoms with Crippen molar-refractivity contribution in [3.05, 3.63) is 23.6 Å². The van der Waals surface area contributed by atoms with Crippen LogP contribution in [0.25, 0.3) is 11.3 Å². The quantitative estimate of drug-likeness (QED) is 0.813. The smallest absolute Gasteiger partial charge is 0.387 e. The van der Waals surface area contributed by atoms with Gasteiger partial charge in [0, 0.05) is 17.5 Å². The van der Waals surface area contributed by atoms with Crippen LogP contribution in [-0.4, -0.2) is 25.3 Å². The van der Waals surface area contributed by atoms with Crippen molar-refractivity contribution in [1.82, 2.24) is 4.98 Å². The Bertz CT molecular complexity index is 617. The zero-order chi connectivity index (χ0) is 16.1. The van der Waals surface area contributed by atoms with Crippen molar-refractivity contribution in [2.24, 2.45) is 5.92 Å². The number of alkyl halides is 2. The minimum absolute atomic E-state index is 0.00892. The molecule has 4 nitrogen and oxygen atoms in total. The molecule has 1 N–H and O–H groups in total. The maximum absolute atomic E-state index is 12.3. The highest BCUT2D eigenvalue weighted by atomic mass is 32.1. The molecular weight excluding hydrogens is 310 g/mol. The zero-order valence-corrected chi connectivity index (χ0v) is 13.4. The van der Waals surface area contributed by atoms with Gasteiger partial charge in [0.25, 0.3) is 0 Å². The molecule has 1 heterocycles. The first-order chi connectivity index (χ1) is 10.5. The maximum atomic E-state index is 12.3. The van der Waals surface area contributed by atoms with Crippen molar-refractivity contribution in [2.75, 3.05) is 19.0 Å². The van der Waals surface area contributed by atoms with Crippen LogP contribution < -0.4 is 14.8 Å². The molecule has 0 fully saturated rings. The second kappa shape index (κ2) is 7.40. The normalized spacial score (nSPS) is 11.0. The van der Waals surface area contributed by atoms with Gasteiger partial charge in [-0.05, 0) is 24.1 Å². The topological polar surface area (TPSA) is 43.4 Å². The second-order valence-corrected chi connectivity index (χ2v) is 5.91. The van der Waals surface area contributed by atoms with Crippen LogP contribution in [0, 0.1) is 5.92 Å². The lowest BCUT2D eigenvalue weighted by molar-refractivity contribution is -0.0512. The van der Waals surface area contributed by atoms with Gasteiger partial charge in [-0.15, -0.1) is 11.3 Å². The van der Waals surface area contributed by atoms with Crippen molar-refractivity contribution < 1.29 is 18.3 Å². The Labute approximate surface area is 132 Å². The molecule has 0 aliphatic rings. The fourth-order valence-corrected chi connectivity index (χ4v) is 2.53. The molecule has 2 rings (SSSR count). The Morgan fingerprint density at radius 1 is 1.27 bits per heavy atom. The SMILES string of the molecule is COc1cc(-c2csc(NCC(C)C)n2)ccc1OC(F)F. The summed E-state index contributed by atoms with van der Waals surface area (Å²) in [6, 6.07) is 4.78. The summed E-state index contributed by atoms with van der Waals surface area (Å²) in [5.41, 5.74) is 1.55. The highest BCUT2D eigenvalue weighted by molar-refractivity contribution is 7.14. The van der Waals surface area contributed by atoms with Gasteiger partial charge in [0.15, 0.2) is 16.6 Å². The summed E-state index contributed by atoms with van der Waals surface area (Å²) in [5, 5.41) is 5.99. The van der Waals surface area contributed by atoms with E-state index in [4.69, 9.17) is 4.74 Å². The highest BCUT2D eigenvalue weighted by Crippen LogP contribution is 2.34. The van der Waals surface area contributed by atoms with Crippen LogP contribution in [0.5, 0.6) is 11.5 Å². The third-order valence-electron chi connectivity index (χ3n) is 2.84. The van der Waals surface area contributed by atoms with Crippen molar-refractivity contribution in [3.63, 3.8) is 0 Å². The predicted molar refractivity (Wildman–Crippen MR) is 84.1 cm³/mol. The van der Waals surface area contributed by atoms with E-state index in [0.29, 0.717) is 5.92 Å². The molecule has 0 unspecified atom stereocenters. The largest absolute Gasteiger partial charge is 0.493 e. The van der Waals surface area contributed by atoms with Gasteiger partial charge in [-0.3, -0.25) is 0 Å². The zero-order valence-electron chi connectivity index (χ0n) is 12.6. The third-order valence-corrected chi connectivity index (χ3v) is 3.64. The lowest BCUT2D eigenvalue weighted by atomic mass is 10.1. The summed E-state index contributed by atoms with van der Waals surface area (Å²) in [5.74, 6) is 0.787. The van der Waals surface area contributed by atoms with E-state index >= 15 is 0 Å². The van der Waals surface area contributed by atoms with Crippen LogP contribution >= 0.6 is 11.3 Å². The van der Waals surface area contributed by atoms with E-state index in [9.17, 15) is 8.78 Å². The van der Waals surface area contributed by atoms with E-state index in [1.165, 1.54) is 24.5 Å². The summed E-state index contributed by atoms with van der Waals surface area (Å²) >= 11 is 1.50. The van der Waals surface area contributed by atoms with Gasteiger partial charge >= 0.3 is 6.61 Å². The minimum Gasteiger partial charge on any atom is -0.493 e. The van der Waals surface area contributed by atoms with Crippen LogP contribution in [0.2, 0.25) is 0 Å². The Hall–Kier alpha value is -1.89. The van der Waals surface area contributed by atoms with Crippen LogP contribution in [0.1, 0.15) is 13.8 Å². The molecule has 1 aromatic carbocycles. The lowest BCUT2D eigenvalue weighted by Gasteiger charge is -2.10. The van der Waals surface area contributed by atoms with Gasteiger partial charge in [-0.1, -0.05) is 13.8 Å². The van der Waals surface area contributed by atoms with E-state index in [2.05, 4.69) is 28.9 Å². The number of methoxy groups -OCH3 is 1. The number of rotatable bonds is 7. The molecule has 2 aromatic rings. The van der Waals surface area contributed by atoms with E-state index in [1.54, 1.807) is 12.1 Å². The van der Waals surface area contributed by atoms with E-state index < -0.39 is 6.61 Å². The minimum atomic E-state index is -2.88. The molecule has 0 bridgehead atoms. The monoisotopic (exact) mass is 328 g/mol. The lowest BCUT2D eigenvalue weighted by Crippen LogP contribution is -2.07. The number of nitrogens with zero attached hydrogens (tertiary/aromatic N) is 1. The third kappa shape index (κ3) is 4.30. The van der Waals surface area contributed by atoms with E-state index in [-0.39, 0.29) is 11.5 Å². The molecule has 0 saturated heterocycles. The standard InChI is InChI=1S/C15H18F2N2O2S/c1-9(2)7-18-15-19-11(8-22-15)10-4-5-12(21-14(16)17)13(6-10)20-3/h4-6,8-9,14H,7H2,1-3H3,(H,18,19). The van der Waals surface area contributed by atoms with Crippen LogP contribution in [0.15, 0.2) is 23.6 Å². The first-order valence-corrected chi connectivity index (χ1v) is 7.70. The van der Waals surface area contributed by atoms with Crippen molar-refractivity contribution in [3.8, 4) is 22.8 Å². The molecule has 0 atom stereocenters. The molecule has 120 valence electrons. The Kier molecular flexibility index (Phi) is 5.54. The average molecular weight is 328 g/mol. The molecule has 0 aliphatic carbocycles. The number of thiazole rings is 1. The van der Waals surface area contributed by atoms with Crippen LogP contribution in [0.4, 0.5) is 13.9 Å². The second-order valence-electron chi connectivity index (χ2n) is 5.06. The fourth-order valence-electron chi connectivity index (χ4n) is 1.80. The Morgan fingerprint density at radius 3 is 2.68 bits per heavy atom. The van der Waals surface area contributed by atoms with Crippen LogP contribution in [-0.2, 0) is 0 Å². The molecule has 0 radical (unpaired) electrons. The summed E-state index contributed by atoms with van der Waals surface area (Å²) < 4.78 is 34.1. The number of benzene rings is 1. The molecule has 22 heavy (non-hydrogen) atoms. The van der Waals surface area contributed by atoms with Crippen molar-refractivity contribution >= 4 is 16.5 Å². The van der Waals surface area contributed by atoms with Gasteiger partial charge < -0.3 is 14.8 Å². The Balaban J connectivity index is 2.18. The summed E-state index contributed by atoms with van der Waals surface area (Å²) in [6.07, 6.45) is 0. The molecule has 7 heteroatoms. The van der Waals surface area contributed by atoms with Gasteiger partial charge in [0.05, 0.1) is 12.8 Å². The predicted octanol–water partition coefficient (Wildman–Crippen LogP) is 4.49. The number of anilines is 1. The number of aromatic nitrogens is 1. The highest BCUT2D eigenvalue weighted by Gasteiger charge is 2.13. The molecule has 0 spiro atoms. The van der Waals surface area contributed by atoms with Crippen LogP contribution in [0.3, 0.4) is 0 Å². The van der Waals surface area contributed by atoms with Gasteiger partial charge in [0.1, 0.15) is 0 Å². The number of hydrogen-bond acceptors (Lipinski definition) is 5. The van der Waals surface area contributed by atoms with Gasteiger partial charge in [-0.2, -0.15) is 8.78 Å². The van der Waals surface area contributed by atoms with Crippen molar-refractivity contribution in [1.29, 1.82) is 0 Å². The summed E-state index contributed by atoms with van der Waals surface area (Å²) in [6.45, 7) is 2.20.